The standard InChI is InChI=1S/C20H25NO3/c1-12(20-8-13-4-14(9-20)6-15(5-13)10-20)21-19(22)16-2-3-17-18(7-16)24-11-23-17/h2-3,7,12-15H,4-6,8-11H2,1H3,(H,21,22)/t12-,13?,14?,15?,20?/m0/s1. The van der Waals surface area contributed by atoms with Crippen LogP contribution in [0.5, 0.6) is 11.5 Å². The molecule has 0 saturated heterocycles. The second-order valence-electron chi connectivity index (χ2n) is 8.54. The van der Waals surface area contributed by atoms with Crippen LogP contribution in [0.4, 0.5) is 0 Å². The van der Waals surface area contributed by atoms with Gasteiger partial charge in [0.1, 0.15) is 0 Å². The molecule has 4 bridgehead atoms. The molecular weight excluding hydrogens is 302 g/mol. The van der Waals surface area contributed by atoms with Gasteiger partial charge in [0.25, 0.3) is 5.91 Å². The van der Waals surface area contributed by atoms with E-state index in [2.05, 4.69) is 12.2 Å². The molecule has 1 atom stereocenters. The van der Waals surface area contributed by atoms with Crippen molar-refractivity contribution in [3.05, 3.63) is 23.8 Å². The molecule has 128 valence electrons. The Hall–Kier alpha value is -1.71. The van der Waals surface area contributed by atoms with E-state index in [0.29, 0.717) is 16.7 Å². The Balaban J connectivity index is 1.33. The maximum absolute atomic E-state index is 12.7. The minimum absolute atomic E-state index is 0.0107. The van der Waals surface area contributed by atoms with Gasteiger partial charge in [-0.15, -0.1) is 0 Å². The Morgan fingerprint density at radius 3 is 2.38 bits per heavy atom. The van der Waals surface area contributed by atoms with E-state index in [9.17, 15) is 4.79 Å². The maximum atomic E-state index is 12.7. The monoisotopic (exact) mass is 327 g/mol. The van der Waals surface area contributed by atoms with Gasteiger partial charge in [-0.05, 0) is 86.8 Å². The van der Waals surface area contributed by atoms with E-state index < -0.39 is 0 Å². The number of benzene rings is 1. The van der Waals surface area contributed by atoms with Crippen molar-refractivity contribution < 1.29 is 14.3 Å². The van der Waals surface area contributed by atoms with Crippen molar-refractivity contribution in [2.24, 2.45) is 23.2 Å². The van der Waals surface area contributed by atoms with Crippen molar-refractivity contribution in [1.29, 1.82) is 0 Å². The van der Waals surface area contributed by atoms with Crippen molar-refractivity contribution in [2.75, 3.05) is 6.79 Å². The van der Waals surface area contributed by atoms with E-state index in [1.54, 1.807) is 6.07 Å². The molecule has 0 aromatic heterocycles. The number of rotatable bonds is 3. The van der Waals surface area contributed by atoms with Crippen LogP contribution in [0.1, 0.15) is 55.8 Å². The summed E-state index contributed by atoms with van der Waals surface area (Å²) in [6.45, 7) is 2.46. The van der Waals surface area contributed by atoms with E-state index in [1.165, 1.54) is 38.5 Å². The highest BCUT2D eigenvalue weighted by molar-refractivity contribution is 5.95. The van der Waals surface area contributed by atoms with Gasteiger partial charge in [0.15, 0.2) is 11.5 Å². The molecule has 1 heterocycles. The molecule has 4 aliphatic carbocycles. The van der Waals surface area contributed by atoms with Crippen LogP contribution in [0.3, 0.4) is 0 Å². The fourth-order valence-corrected chi connectivity index (χ4v) is 6.18. The minimum atomic E-state index is 0.0107. The highest BCUT2D eigenvalue weighted by Gasteiger charge is 2.53. The number of fused-ring (bicyclic) bond motifs is 1. The molecule has 1 amide bonds. The van der Waals surface area contributed by atoms with Crippen LogP contribution >= 0.6 is 0 Å². The van der Waals surface area contributed by atoms with E-state index in [4.69, 9.17) is 9.47 Å². The SMILES string of the molecule is C[C@H](NC(=O)c1ccc2c(c1)OCO2)C12CC3CC(CC(C3)C1)C2. The molecule has 4 fully saturated rings. The Kier molecular flexibility index (Phi) is 3.13. The number of hydrogen-bond acceptors (Lipinski definition) is 3. The topological polar surface area (TPSA) is 47.6 Å². The molecule has 4 heteroatoms. The largest absolute Gasteiger partial charge is 0.454 e. The zero-order chi connectivity index (χ0) is 16.3. The van der Waals surface area contributed by atoms with Gasteiger partial charge in [-0.3, -0.25) is 4.79 Å². The van der Waals surface area contributed by atoms with E-state index in [-0.39, 0.29) is 18.7 Å². The molecule has 5 aliphatic rings. The third kappa shape index (κ3) is 2.22. The third-order valence-electron chi connectivity index (χ3n) is 6.99. The molecule has 1 aromatic rings. The second kappa shape index (κ2) is 5.14. The summed E-state index contributed by atoms with van der Waals surface area (Å²) in [4.78, 5) is 12.7. The fraction of sp³-hybridized carbons (Fsp3) is 0.650. The lowest BCUT2D eigenvalue weighted by Gasteiger charge is -2.59. The molecule has 1 aromatic carbocycles. The molecule has 4 nitrogen and oxygen atoms in total. The zero-order valence-electron chi connectivity index (χ0n) is 14.2. The number of carbonyl (C=O) groups is 1. The summed E-state index contributed by atoms with van der Waals surface area (Å²) in [7, 11) is 0. The number of ether oxygens (including phenoxy) is 2. The summed E-state index contributed by atoms with van der Waals surface area (Å²) in [6.07, 6.45) is 8.22. The Morgan fingerprint density at radius 2 is 1.71 bits per heavy atom. The Labute approximate surface area is 142 Å². The lowest BCUT2D eigenvalue weighted by atomic mass is 9.48. The van der Waals surface area contributed by atoms with Gasteiger partial charge in [0.05, 0.1) is 0 Å². The van der Waals surface area contributed by atoms with Gasteiger partial charge in [0.2, 0.25) is 6.79 Å². The van der Waals surface area contributed by atoms with Gasteiger partial charge in [-0.2, -0.15) is 0 Å². The van der Waals surface area contributed by atoms with Gasteiger partial charge in [-0.1, -0.05) is 0 Å². The van der Waals surface area contributed by atoms with Gasteiger partial charge in [-0.25, -0.2) is 0 Å². The number of nitrogens with one attached hydrogen (secondary N) is 1. The average molecular weight is 327 g/mol. The quantitative estimate of drug-likeness (QED) is 0.920. The van der Waals surface area contributed by atoms with E-state index in [1.807, 2.05) is 12.1 Å². The van der Waals surface area contributed by atoms with Crippen molar-refractivity contribution in [2.45, 2.75) is 51.5 Å². The van der Waals surface area contributed by atoms with Crippen LogP contribution in [-0.2, 0) is 0 Å². The first-order chi connectivity index (χ1) is 11.6. The van der Waals surface area contributed by atoms with Crippen LogP contribution in [0.25, 0.3) is 0 Å². The van der Waals surface area contributed by atoms with Crippen LogP contribution < -0.4 is 14.8 Å². The summed E-state index contributed by atoms with van der Waals surface area (Å²) < 4.78 is 10.7. The highest BCUT2D eigenvalue weighted by atomic mass is 16.7. The summed E-state index contributed by atoms with van der Waals surface area (Å²) in [5.74, 6) is 4.12. The molecule has 24 heavy (non-hydrogen) atoms. The fourth-order valence-electron chi connectivity index (χ4n) is 6.18. The molecular formula is C20H25NO3. The third-order valence-corrected chi connectivity index (χ3v) is 6.99. The first kappa shape index (κ1) is 14.6. The number of hydrogen-bond donors (Lipinski definition) is 1. The van der Waals surface area contributed by atoms with Crippen LogP contribution in [0.15, 0.2) is 18.2 Å². The maximum Gasteiger partial charge on any atom is 0.251 e. The van der Waals surface area contributed by atoms with Crippen molar-refractivity contribution >= 4 is 5.91 Å². The summed E-state index contributed by atoms with van der Waals surface area (Å²) in [5.41, 5.74) is 0.997. The van der Waals surface area contributed by atoms with E-state index >= 15 is 0 Å². The Morgan fingerprint density at radius 1 is 1.08 bits per heavy atom. The lowest BCUT2D eigenvalue weighted by molar-refractivity contribution is -0.0688. The van der Waals surface area contributed by atoms with Gasteiger partial charge in [0, 0.05) is 11.6 Å². The molecule has 0 unspecified atom stereocenters. The summed E-state index contributed by atoms with van der Waals surface area (Å²) in [5, 5.41) is 3.31. The van der Waals surface area contributed by atoms with Crippen LogP contribution in [0.2, 0.25) is 0 Å². The highest BCUT2D eigenvalue weighted by Crippen LogP contribution is 2.61. The minimum Gasteiger partial charge on any atom is -0.454 e. The molecule has 1 N–H and O–H groups in total. The molecule has 0 spiro atoms. The first-order valence-electron chi connectivity index (χ1n) is 9.32. The predicted molar refractivity (Wildman–Crippen MR) is 90.1 cm³/mol. The van der Waals surface area contributed by atoms with Crippen LogP contribution in [-0.4, -0.2) is 18.7 Å². The molecule has 0 radical (unpaired) electrons. The number of carbonyl (C=O) groups excluding carboxylic acids is 1. The lowest BCUT2D eigenvalue weighted by Crippen LogP contribution is -2.55. The first-order valence-corrected chi connectivity index (χ1v) is 9.32. The average Bonchev–Trinajstić information content (AvgIpc) is 3.01. The van der Waals surface area contributed by atoms with Gasteiger partial charge >= 0.3 is 0 Å². The molecule has 1 aliphatic heterocycles. The summed E-state index contributed by atoms with van der Waals surface area (Å²) in [6, 6.07) is 5.69. The van der Waals surface area contributed by atoms with E-state index in [0.717, 1.165) is 23.5 Å². The van der Waals surface area contributed by atoms with Crippen molar-refractivity contribution in [3.8, 4) is 11.5 Å². The zero-order valence-corrected chi connectivity index (χ0v) is 14.2. The normalized spacial score (nSPS) is 36.6. The smallest absolute Gasteiger partial charge is 0.251 e. The Bertz CT molecular complexity index is 648. The molecule has 4 saturated carbocycles. The van der Waals surface area contributed by atoms with Crippen LogP contribution in [0, 0.1) is 23.2 Å². The summed E-state index contributed by atoms with van der Waals surface area (Å²) >= 11 is 0. The predicted octanol–water partition coefficient (Wildman–Crippen LogP) is 3.75. The van der Waals surface area contributed by atoms with Gasteiger partial charge < -0.3 is 14.8 Å². The number of amides is 1. The molecule has 6 rings (SSSR count). The second-order valence-corrected chi connectivity index (χ2v) is 8.54. The van der Waals surface area contributed by atoms with Crippen molar-refractivity contribution in [1.82, 2.24) is 5.32 Å². The van der Waals surface area contributed by atoms with Crippen molar-refractivity contribution in [3.63, 3.8) is 0 Å².